The first-order valence-corrected chi connectivity index (χ1v) is 24.6. The van der Waals surface area contributed by atoms with E-state index in [0.717, 1.165) is 30.5 Å². The van der Waals surface area contributed by atoms with Gasteiger partial charge in [-0.2, -0.15) is 17.5 Å². The van der Waals surface area contributed by atoms with Gasteiger partial charge in [-0.25, -0.2) is 18.4 Å². The highest BCUT2D eigenvalue weighted by atomic mass is 32.2. The van der Waals surface area contributed by atoms with Crippen molar-refractivity contribution in [3.63, 3.8) is 0 Å². The zero-order chi connectivity index (χ0) is 47.6. The van der Waals surface area contributed by atoms with Crippen LogP contribution < -0.4 is 16.0 Å². The number of hydrogen-bond acceptors (Lipinski definition) is 12. The number of pyridine rings is 1. The van der Waals surface area contributed by atoms with Crippen LogP contribution in [0.3, 0.4) is 0 Å². The van der Waals surface area contributed by atoms with E-state index < -0.39 is 57.0 Å². The van der Waals surface area contributed by atoms with Gasteiger partial charge in [0.2, 0.25) is 39.6 Å². The number of alkyl halides is 3. The molecule has 6 heterocycles. The summed E-state index contributed by atoms with van der Waals surface area (Å²) < 4.78 is 69.3. The average Bonchev–Trinajstić information content (AvgIpc) is 3.84. The van der Waals surface area contributed by atoms with Crippen molar-refractivity contribution >= 4 is 56.3 Å². The van der Waals surface area contributed by atoms with E-state index in [2.05, 4.69) is 35.8 Å². The Kier molecular flexibility index (Phi) is 14.3. The minimum atomic E-state index is -4.54. The first-order valence-electron chi connectivity index (χ1n) is 23.1. The van der Waals surface area contributed by atoms with Crippen molar-refractivity contribution < 1.29 is 45.6 Å². The van der Waals surface area contributed by atoms with Gasteiger partial charge >= 0.3 is 6.18 Å². The second kappa shape index (κ2) is 20.0. The zero-order valence-corrected chi connectivity index (χ0v) is 38.5. The van der Waals surface area contributed by atoms with Gasteiger partial charge in [-0.15, -0.1) is 0 Å². The molecule has 4 aliphatic heterocycles. The van der Waals surface area contributed by atoms with Crippen molar-refractivity contribution in [2.45, 2.75) is 93.9 Å². The number of hydrogen-bond donors (Lipinski definition) is 3. The topological polar surface area (TPSA) is 210 Å². The molecule has 0 radical (unpaired) electrons. The van der Waals surface area contributed by atoms with Crippen LogP contribution in [0.5, 0.6) is 0 Å². The Morgan fingerprint density at radius 1 is 0.896 bits per heavy atom. The quantitative estimate of drug-likeness (QED) is 0.226. The lowest BCUT2D eigenvalue weighted by molar-refractivity contribution is -0.138. The normalized spacial score (nSPS) is 25.4. The maximum atomic E-state index is 13.8. The first kappa shape index (κ1) is 48.0. The summed E-state index contributed by atoms with van der Waals surface area (Å²) in [5.74, 6) is -1.86. The summed E-state index contributed by atoms with van der Waals surface area (Å²) in [6.07, 6.45) is 3.95. The smallest absolute Gasteiger partial charge is 0.358 e. The van der Waals surface area contributed by atoms with Gasteiger partial charge in [-0.05, 0) is 81.7 Å². The molecule has 3 aromatic rings. The van der Waals surface area contributed by atoms with E-state index in [1.807, 2.05) is 6.07 Å². The molecule has 5 aliphatic rings. The summed E-state index contributed by atoms with van der Waals surface area (Å²) in [4.78, 5) is 85.2. The highest BCUT2D eigenvalue weighted by Gasteiger charge is 2.44. The molecule has 1 aliphatic carbocycles. The molecule has 2 aromatic heterocycles. The van der Waals surface area contributed by atoms with Crippen LogP contribution >= 0.6 is 0 Å². The minimum absolute atomic E-state index is 0.0214. The molecule has 8 rings (SSSR count). The lowest BCUT2D eigenvalue weighted by Crippen LogP contribution is -2.56. The number of nitrogens with zero attached hydrogens (tertiary/aromatic N) is 8. The van der Waals surface area contributed by atoms with Crippen molar-refractivity contribution in [3.8, 4) is 0 Å². The summed E-state index contributed by atoms with van der Waals surface area (Å²) in [6, 6.07) is 4.97. The lowest BCUT2D eigenvalue weighted by atomic mass is 9.84. The summed E-state index contributed by atoms with van der Waals surface area (Å²) in [7, 11) is -1.96. The molecular formula is C45H58F3N11O7S. The predicted octanol–water partition coefficient (Wildman–Crippen LogP) is 2.39. The fraction of sp³-hybridized carbons (Fsp3) is 0.600. The van der Waals surface area contributed by atoms with Gasteiger partial charge in [-0.1, -0.05) is 6.07 Å². The van der Waals surface area contributed by atoms with Crippen LogP contribution in [-0.2, 0) is 40.2 Å². The molecule has 4 atom stereocenters. The number of piperidine rings is 1. The molecule has 5 fully saturated rings. The third-order valence-electron chi connectivity index (χ3n) is 14.3. The van der Waals surface area contributed by atoms with E-state index in [9.17, 15) is 45.6 Å². The van der Waals surface area contributed by atoms with Gasteiger partial charge in [0, 0.05) is 102 Å². The van der Waals surface area contributed by atoms with E-state index in [0.29, 0.717) is 64.0 Å². The third-order valence-corrected chi connectivity index (χ3v) is 16.7. The first-order chi connectivity index (χ1) is 32.0. The van der Waals surface area contributed by atoms with Crippen molar-refractivity contribution in [1.29, 1.82) is 0 Å². The van der Waals surface area contributed by atoms with Gasteiger partial charge in [-0.3, -0.25) is 33.9 Å². The number of rotatable bonds is 13. The Bertz CT molecular complexity index is 2430. The van der Waals surface area contributed by atoms with Gasteiger partial charge in [0.25, 0.3) is 0 Å². The standard InChI is InChI=1S/C45H58F3N11O7S/c1-28(53-42(62)35-25-38(60)55(2)39(35)30-4-3-14-49-26-30)43(63)57-16-11-33(12-17-57)67(65,66)59-22-20-56(21-23-59)32-8-5-29(6-9-32)41(61)50-15-19-58-18-13-37(44(58)64)54-40-34-24-31(45(46,47)48)7-10-36(34)51-27-52-40/h3-4,7,10,14,24,26-29,32-33,35,37,39H,5-6,8-9,11-13,15-23,25H2,1-2H3,(H,50,61)(H,53,62)(H,51,52,54)/t28-,29?,32?,35-,37-,39?/m0/s1. The molecule has 1 unspecified atom stereocenters. The van der Waals surface area contributed by atoms with Crippen LogP contribution in [0, 0.1) is 11.8 Å². The van der Waals surface area contributed by atoms with E-state index >= 15 is 0 Å². The Labute approximate surface area is 387 Å². The number of amides is 5. The molecule has 18 nitrogen and oxygen atoms in total. The fourth-order valence-electron chi connectivity index (χ4n) is 10.4. The number of piperazine rings is 1. The number of carbonyl (C=O) groups excluding carboxylic acids is 5. The van der Waals surface area contributed by atoms with Crippen molar-refractivity contribution in [1.82, 2.24) is 49.5 Å². The SMILES string of the molecule is C[C@H](NC(=O)[C@H]1CC(=O)N(C)C1c1cccnc1)C(=O)N1CCC(S(=O)(=O)N2CCN(C3CCC(C(=O)NCCN4CC[C@H](Nc5ncnc6ccc(C(F)(F)F)cc56)C4=O)CC3)CC2)CC1. The molecule has 0 bridgehead atoms. The van der Waals surface area contributed by atoms with Gasteiger partial charge in [0.05, 0.1) is 28.3 Å². The molecule has 4 saturated heterocycles. The Balaban J connectivity index is 0.725. The van der Waals surface area contributed by atoms with Crippen LogP contribution in [0.25, 0.3) is 10.9 Å². The van der Waals surface area contributed by atoms with Crippen molar-refractivity contribution in [2.75, 3.05) is 71.3 Å². The van der Waals surface area contributed by atoms with Crippen LogP contribution in [0.1, 0.15) is 75.5 Å². The highest BCUT2D eigenvalue weighted by Crippen LogP contribution is 2.37. The summed E-state index contributed by atoms with van der Waals surface area (Å²) in [5, 5.41) is 8.35. The monoisotopic (exact) mass is 953 g/mol. The third kappa shape index (κ3) is 10.5. The van der Waals surface area contributed by atoms with Crippen LogP contribution in [0.2, 0.25) is 0 Å². The second-order valence-corrected chi connectivity index (χ2v) is 20.6. The number of benzene rings is 1. The van der Waals surface area contributed by atoms with Crippen LogP contribution in [0.15, 0.2) is 49.1 Å². The lowest BCUT2D eigenvalue weighted by Gasteiger charge is -2.42. The summed E-state index contributed by atoms with van der Waals surface area (Å²) in [6.45, 7) is 4.99. The van der Waals surface area contributed by atoms with Gasteiger partial charge in [0.1, 0.15) is 24.2 Å². The maximum absolute atomic E-state index is 13.8. The molecule has 3 N–H and O–H groups in total. The Morgan fingerprint density at radius 2 is 1.63 bits per heavy atom. The second-order valence-electron chi connectivity index (χ2n) is 18.3. The average molecular weight is 954 g/mol. The van der Waals surface area contributed by atoms with Gasteiger partial charge < -0.3 is 30.7 Å². The molecule has 22 heteroatoms. The molecule has 1 saturated carbocycles. The number of fused-ring (bicyclic) bond motifs is 1. The van der Waals surface area contributed by atoms with Gasteiger partial charge in [0.15, 0.2) is 0 Å². The predicted molar refractivity (Wildman–Crippen MR) is 239 cm³/mol. The number of likely N-dealkylation sites (tertiary alicyclic amines) is 3. The van der Waals surface area contributed by atoms with E-state index in [1.54, 1.807) is 46.5 Å². The van der Waals surface area contributed by atoms with Crippen molar-refractivity contribution in [2.24, 2.45) is 11.8 Å². The number of carbonyl (C=O) groups is 5. The molecule has 67 heavy (non-hydrogen) atoms. The summed E-state index contributed by atoms with van der Waals surface area (Å²) in [5.41, 5.74) is 0.223. The number of aromatic nitrogens is 3. The van der Waals surface area contributed by atoms with Crippen LogP contribution in [-0.4, -0.2) is 166 Å². The molecule has 1 aromatic carbocycles. The largest absolute Gasteiger partial charge is 0.416 e. The van der Waals surface area contributed by atoms with E-state index in [1.165, 1.54) is 17.3 Å². The Hall–Kier alpha value is -5.48. The van der Waals surface area contributed by atoms with E-state index in [4.69, 9.17) is 0 Å². The molecule has 0 spiro atoms. The minimum Gasteiger partial charge on any atom is -0.358 e. The number of nitrogens with one attached hydrogen (secondary N) is 3. The zero-order valence-electron chi connectivity index (χ0n) is 37.7. The highest BCUT2D eigenvalue weighted by molar-refractivity contribution is 7.89. The number of halogens is 3. The van der Waals surface area contributed by atoms with Crippen molar-refractivity contribution in [3.05, 3.63) is 60.2 Å². The number of anilines is 1. The van der Waals surface area contributed by atoms with Crippen LogP contribution in [0.4, 0.5) is 19.0 Å². The number of sulfonamides is 1. The van der Waals surface area contributed by atoms with E-state index in [-0.39, 0.29) is 85.7 Å². The fourth-order valence-corrected chi connectivity index (χ4v) is 12.3. The summed E-state index contributed by atoms with van der Waals surface area (Å²) >= 11 is 0. The molecular weight excluding hydrogens is 896 g/mol. The molecule has 362 valence electrons. The Morgan fingerprint density at radius 3 is 2.31 bits per heavy atom. The maximum Gasteiger partial charge on any atom is 0.416 e. The molecule has 5 amide bonds.